The van der Waals surface area contributed by atoms with Crippen molar-refractivity contribution in [2.75, 3.05) is 0 Å². The molecule has 1 heteroatoms. The van der Waals surface area contributed by atoms with E-state index >= 15 is 0 Å². The van der Waals surface area contributed by atoms with E-state index in [9.17, 15) is 4.79 Å². The maximum absolute atomic E-state index is 10.0. The number of aldehydes is 1. The fourth-order valence-corrected chi connectivity index (χ4v) is 1.71. The summed E-state index contributed by atoms with van der Waals surface area (Å²) in [6.07, 6.45) is 12.6. The van der Waals surface area contributed by atoms with Crippen LogP contribution in [0.4, 0.5) is 0 Å². The summed E-state index contributed by atoms with van der Waals surface area (Å²) < 4.78 is 0. The van der Waals surface area contributed by atoms with Crippen molar-refractivity contribution in [1.82, 2.24) is 0 Å². The van der Waals surface area contributed by atoms with Crippen LogP contribution in [0, 0.1) is 5.92 Å². The normalized spacial score (nSPS) is 21.8. The first kappa shape index (κ1) is 8.51. The summed E-state index contributed by atoms with van der Waals surface area (Å²) in [4.78, 5) is 10.0. The largest absolute Gasteiger partial charge is 0.299 e. The molecule has 11 heavy (non-hydrogen) atoms. The van der Waals surface area contributed by atoms with Gasteiger partial charge >= 0.3 is 0 Å². The van der Waals surface area contributed by atoms with Gasteiger partial charge in [0.1, 0.15) is 6.29 Å². The van der Waals surface area contributed by atoms with Crippen LogP contribution in [-0.4, -0.2) is 6.29 Å². The molecule has 1 rings (SSSR count). The molecule has 1 aliphatic carbocycles. The van der Waals surface area contributed by atoms with Crippen molar-refractivity contribution < 1.29 is 4.79 Å². The number of allylic oxidation sites excluding steroid dienone is 2. The molecular formula is C10H16O. The van der Waals surface area contributed by atoms with E-state index in [1.807, 2.05) is 0 Å². The molecule has 0 aromatic carbocycles. The van der Waals surface area contributed by atoms with Gasteiger partial charge in [-0.15, -0.1) is 0 Å². The molecule has 0 radical (unpaired) electrons. The Morgan fingerprint density at radius 3 is 2.18 bits per heavy atom. The molecule has 0 aromatic rings. The predicted molar refractivity (Wildman–Crippen MR) is 46.4 cm³/mol. The Hall–Kier alpha value is -0.590. The highest BCUT2D eigenvalue weighted by Crippen LogP contribution is 2.23. The molecular weight excluding hydrogens is 136 g/mol. The molecule has 0 atom stereocenters. The first-order valence-corrected chi connectivity index (χ1v) is 4.55. The minimum Gasteiger partial charge on any atom is -0.299 e. The number of rotatable bonds is 2. The number of carbonyl (C=O) groups is 1. The number of hydrogen-bond acceptors (Lipinski definition) is 1. The van der Waals surface area contributed by atoms with Gasteiger partial charge in [-0.1, -0.05) is 31.8 Å². The second kappa shape index (κ2) is 5.11. The number of hydrogen-bond donors (Lipinski definition) is 0. The van der Waals surface area contributed by atoms with Gasteiger partial charge in [-0.05, 0) is 24.8 Å². The third-order valence-corrected chi connectivity index (χ3v) is 2.36. The van der Waals surface area contributed by atoms with Crippen LogP contribution in [0.1, 0.15) is 38.5 Å². The monoisotopic (exact) mass is 152 g/mol. The summed E-state index contributed by atoms with van der Waals surface area (Å²) in [6, 6.07) is 0. The van der Waals surface area contributed by atoms with Crippen LogP contribution in [0.5, 0.6) is 0 Å². The molecule has 0 amide bonds. The van der Waals surface area contributed by atoms with Crippen molar-refractivity contribution >= 4 is 6.29 Å². The molecule has 0 aromatic heterocycles. The zero-order chi connectivity index (χ0) is 7.94. The molecule has 0 bridgehead atoms. The van der Waals surface area contributed by atoms with Crippen LogP contribution in [0.15, 0.2) is 12.2 Å². The van der Waals surface area contributed by atoms with Gasteiger partial charge in [-0.2, -0.15) is 0 Å². The van der Waals surface area contributed by atoms with E-state index in [-0.39, 0.29) is 0 Å². The molecule has 1 aliphatic rings. The first-order valence-electron chi connectivity index (χ1n) is 4.55. The standard InChI is InChI=1S/C10H16O/c11-9-5-8-10-6-3-1-2-4-7-10/h5,8-10H,1-4,6-7H2/b8-5+. The third-order valence-electron chi connectivity index (χ3n) is 2.36. The Morgan fingerprint density at radius 1 is 1.00 bits per heavy atom. The fourth-order valence-electron chi connectivity index (χ4n) is 1.71. The van der Waals surface area contributed by atoms with Gasteiger partial charge in [0, 0.05) is 0 Å². The van der Waals surface area contributed by atoms with E-state index in [4.69, 9.17) is 0 Å². The van der Waals surface area contributed by atoms with Crippen molar-refractivity contribution in [3.63, 3.8) is 0 Å². The molecule has 0 heterocycles. The highest BCUT2D eigenvalue weighted by atomic mass is 16.1. The van der Waals surface area contributed by atoms with Crippen LogP contribution in [0.25, 0.3) is 0 Å². The van der Waals surface area contributed by atoms with Crippen molar-refractivity contribution in [2.45, 2.75) is 38.5 Å². The Bertz CT molecular complexity index is 130. The molecule has 1 fully saturated rings. The van der Waals surface area contributed by atoms with Gasteiger partial charge in [0.05, 0.1) is 0 Å². The van der Waals surface area contributed by atoms with E-state index in [2.05, 4.69) is 6.08 Å². The molecule has 0 saturated heterocycles. The van der Waals surface area contributed by atoms with E-state index in [1.54, 1.807) is 6.08 Å². The maximum Gasteiger partial charge on any atom is 0.142 e. The molecule has 62 valence electrons. The average Bonchev–Trinajstić information content (AvgIpc) is 2.28. The van der Waals surface area contributed by atoms with Crippen molar-refractivity contribution in [1.29, 1.82) is 0 Å². The molecule has 0 aliphatic heterocycles. The van der Waals surface area contributed by atoms with E-state index < -0.39 is 0 Å². The smallest absolute Gasteiger partial charge is 0.142 e. The van der Waals surface area contributed by atoms with Gasteiger partial charge in [0.2, 0.25) is 0 Å². The lowest BCUT2D eigenvalue weighted by atomic mass is 10.0. The molecule has 1 nitrogen and oxygen atoms in total. The van der Waals surface area contributed by atoms with Gasteiger partial charge in [0.25, 0.3) is 0 Å². The third kappa shape index (κ3) is 3.35. The topological polar surface area (TPSA) is 17.1 Å². The second-order valence-electron chi connectivity index (χ2n) is 3.27. The Labute approximate surface area is 68.5 Å². The average molecular weight is 152 g/mol. The summed E-state index contributed by atoms with van der Waals surface area (Å²) in [5.41, 5.74) is 0. The molecule has 0 unspecified atom stereocenters. The Kier molecular flexibility index (Phi) is 3.95. The van der Waals surface area contributed by atoms with Crippen molar-refractivity contribution in [3.05, 3.63) is 12.2 Å². The second-order valence-corrected chi connectivity index (χ2v) is 3.27. The van der Waals surface area contributed by atoms with Crippen LogP contribution in [-0.2, 0) is 4.79 Å². The van der Waals surface area contributed by atoms with Gasteiger partial charge in [-0.25, -0.2) is 0 Å². The van der Waals surface area contributed by atoms with E-state index in [0.29, 0.717) is 5.92 Å². The number of carbonyl (C=O) groups excluding carboxylic acids is 1. The van der Waals surface area contributed by atoms with Gasteiger partial charge < -0.3 is 0 Å². The van der Waals surface area contributed by atoms with E-state index in [1.165, 1.54) is 38.5 Å². The Balaban J connectivity index is 2.30. The van der Waals surface area contributed by atoms with Crippen molar-refractivity contribution in [3.8, 4) is 0 Å². The summed E-state index contributed by atoms with van der Waals surface area (Å²) >= 11 is 0. The van der Waals surface area contributed by atoms with E-state index in [0.717, 1.165) is 6.29 Å². The zero-order valence-corrected chi connectivity index (χ0v) is 6.96. The van der Waals surface area contributed by atoms with Crippen LogP contribution in [0.3, 0.4) is 0 Å². The quantitative estimate of drug-likeness (QED) is 0.338. The lowest BCUT2D eigenvalue weighted by Gasteiger charge is -2.05. The minimum atomic E-state index is 0.683. The van der Waals surface area contributed by atoms with Crippen LogP contribution in [0.2, 0.25) is 0 Å². The summed E-state index contributed by atoms with van der Waals surface area (Å²) in [6.45, 7) is 0. The van der Waals surface area contributed by atoms with Crippen LogP contribution >= 0.6 is 0 Å². The molecule has 0 N–H and O–H groups in total. The summed E-state index contributed by atoms with van der Waals surface area (Å²) in [5.74, 6) is 0.683. The van der Waals surface area contributed by atoms with Gasteiger partial charge in [0.15, 0.2) is 0 Å². The zero-order valence-electron chi connectivity index (χ0n) is 6.96. The Morgan fingerprint density at radius 2 is 1.64 bits per heavy atom. The summed E-state index contributed by atoms with van der Waals surface area (Å²) in [7, 11) is 0. The SMILES string of the molecule is O=C/C=C/C1CCCCCC1. The lowest BCUT2D eigenvalue weighted by molar-refractivity contribution is -0.104. The highest BCUT2D eigenvalue weighted by molar-refractivity contribution is 5.64. The van der Waals surface area contributed by atoms with Crippen molar-refractivity contribution in [2.24, 2.45) is 5.92 Å². The fraction of sp³-hybridized carbons (Fsp3) is 0.700. The minimum absolute atomic E-state index is 0.683. The lowest BCUT2D eigenvalue weighted by Crippen LogP contribution is -1.92. The maximum atomic E-state index is 10.0. The highest BCUT2D eigenvalue weighted by Gasteiger charge is 2.07. The summed E-state index contributed by atoms with van der Waals surface area (Å²) in [5, 5.41) is 0. The van der Waals surface area contributed by atoms with Crippen LogP contribution < -0.4 is 0 Å². The molecule has 0 spiro atoms. The predicted octanol–water partition coefficient (Wildman–Crippen LogP) is 2.71. The first-order chi connectivity index (χ1) is 5.43. The van der Waals surface area contributed by atoms with Gasteiger partial charge in [-0.3, -0.25) is 4.79 Å². The molecule has 1 saturated carbocycles.